The molecule has 0 atom stereocenters. The van der Waals surface area contributed by atoms with Gasteiger partial charge < -0.3 is 9.84 Å². The number of anilines is 1. The first-order valence-electron chi connectivity index (χ1n) is 6.80. The number of halogens is 2. The number of nitrogens with one attached hydrogen (secondary N) is 1. The first-order valence-corrected chi connectivity index (χ1v) is 8.28. The molecule has 2 aromatic rings. The fourth-order valence-corrected chi connectivity index (χ4v) is 3.22. The Bertz CT molecular complexity index is 942. The topological polar surface area (TPSA) is 92.7 Å². The van der Waals surface area contributed by atoms with Gasteiger partial charge in [-0.2, -0.15) is 0 Å². The lowest BCUT2D eigenvalue weighted by atomic mass is 10.2. The van der Waals surface area contributed by atoms with Crippen molar-refractivity contribution in [2.24, 2.45) is 0 Å². The van der Waals surface area contributed by atoms with E-state index in [4.69, 9.17) is 9.84 Å². The summed E-state index contributed by atoms with van der Waals surface area (Å²) in [5.74, 6) is -3.16. The highest BCUT2D eigenvalue weighted by atomic mass is 32.2. The van der Waals surface area contributed by atoms with E-state index in [-0.39, 0.29) is 16.2 Å². The second-order valence-corrected chi connectivity index (χ2v) is 6.46. The largest absolute Gasteiger partial charge is 0.495 e. The van der Waals surface area contributed by atoms with E-state index in [2.05, 4.69) is 0 Å². The fraction of sp³-hybridized carbons (Fsp3) is 0.0625. The predicted molar refractivity (Wildman–Crippen MR) is 86.8 cm³/mol. The number of rotatable bonds is 6. The normalized spacial score (nSPS) is 11.5. The summed E-state index contributed by atoms with van der Waals surface area (Å²) >= 11 is 0. The van der Waals surface area contributed by atoms with Crippen molar-refractivity contribution in [1.29, 1.82) is 0 Å². The molecule has 0 aromatic heterocycles. The summed E-state index contributed by atoms with van der Waals surface area (Å²) in [5.41, 5.74) is -0.155. The summed E-state index contributed by atoms with van der Waals surface area (Å²) in [5, 5.41) is 8.64. The Morgan fingerprint density at radius 1 is 1.20 bits per heavy atom. The highest BCUT2D eigenvalue weighted by Crippen LogP contribution is 2.28. The summed E-state index contributed by atoms with van der Waals surface area (Å²) in [4.78, 5) is 10.2. The Kier molecular flexibility index (Phi) is 5.38. The Morgan fingerprint density at radius 2 is 1.92 bits per heavy atom. The number of carboxylic acid groups (broad SMARTS) is 1. The van der Waals surface area contributed by atoms with Gasteiger partial charge in [0.1, 0.15) is 22.3 Å². The van der Waals surface area contributed by atoms with Crippen molar-refractivity contribution < 1.29 is 31.8 Å². The van der Waals surface area contributed by atoms with Gasteiger partial charge in [-0.1, -0.05) is 6.07 Å². The SMILES string of the molecule is COc1ccc(/C=C/C(=O)O)cc1S(=O)(=O)Nc1ccc(F)cc1F. The van der Waals surface area contributed by atoms with Gasteiger partial charge in [0.15, 0.2) is 0 Å². The van der Waals surface area contributed by atoms with E-state index in [9.17, 15) is 22.0 Å². The van der Waals surface area contributed by atoms with E-state index < -0.39 is 33.3 Å². The van der Waals surface area contributed by atoms with Gasteiger partial charge in [-0.15, -0.1) is 0 Å². The van der Waals surface area contributed by atoms with Gasteiger partial charge in [0.2, 0.25) is 0 Å². The van der Waals surface area contributed by atoms with Crippen LogP contribution in [0.25, 0.3) is 6.08 Å². The molecule has 2 rings (SSSR count). The number of ether oxygens (including phenoxy) is 1. The highest BCUT2D eigenvalue weighted by Gasteiger charge is 2.21. The number of sulfonamides is 1. The first kappa shape index (κ1) is 18.4. The minimum absolute atomic E-state index is 0.0255. The Morgan fingerprint density at radius 3 is 2.52 bits per heavy atom. The third-order valence-electron chi connectivity index (χ3n) is 3.07. The van der Waals surface area contributed by atoms with Gasteiger partial charge in [-0.25, -0.2) is 22.0 Å². The van der Waals surface area contributed by atoms with E-state index >= 15 is 0 Å². The molecule has 0 heterocycles. The van der Waals surface area contributed by atoms with Crippen LogP contribution < -0.4 is 9.46 Å². The molecule has 0 aliphatic rings. The molecule has 0 radical (unpaired) electrons. The lowest BCUT2D eigenvalue weighted by Gasteiger charge is -2.13. The maximum absolute atomic E-state index is 13.7. The van der Waals surface area contributed by atoms with Crippen molar-refractivity contribution in [2.45, 2.75) is 4.90 Å². The third-order valence-corrected chi connectivity index (χ3v) is 4.46. The van der Waals surface area contributed by atoms with E-state index in [0.717, 1.165) is 18.2 Å². The molecule has 0 saturated heterocycles. The summed E-state index contributed by atoms with van der Waals surface area (Å²) in [6.07, 6.45) is 2.03. The molecule has 0 unspecified atom stereocenters. The van der Waals surface area contributed by atoms with Gasteiger partial charge in [0.25, 0.3) is 10.0 Å². The highest BCUT2D eigenvalue weighted by molar-refractivity contribution is 7.92. The molecule has 0 spiro atoms. The molecule has 9 heteroatoms. The predicted octanol–water partition coefficient (Wildman–Crippen LogP) is 2.87. The van der Waals surface area contributed by atoms with Gasteiger partial charge >= 0.3 is 5.97 Å². The van der Waals surface area contributed by atoms with Crippen molar-refractivity contribution >= 4 is 27.8 Å². The summed E-state index contributed by atoms with van der Waals surface area (Å²) in [6.45, 7) is 0. The molecule has 2 aromatic carbocycles. The van der Waals surface area contributed by atoms with Crippen LogP contribution in [0.2, 0.25) is 0 Å². The fourth-order valence-electron chi connectivity index (χ4n) is 1.95. The molecule has 0 aliphatic heterocycles. The minimum Gasteiger partial charge on any atom is -0.495 e. The average molecular weight is 369 g/mol. The van der Waals surface area contributed by atoms with Crippen molar-refractivity contribution in [3.63, 3.8) is 0 Å². The van der Waals surface area contributed by atoms with Crippen LogP contribution in [0, 0.1) is 11.6 Å². The van der Waals surface area contributed by atoms with E-state index in [0.29, 0.717) is 6.07 Å². The van der Waals surface area contributed by atoms with Crippen LogP contribution in [0.1, 0.15) is 5.56 Å². The smallest absolute Gasteiger partial charge is 0.328 e. The molecule has 0 amide bonds. The number of carbonyl (C=O) groups is 1. The molecular formula is C16H13F2NO5S. The summed E-state index contributed by atoms with van der Waals surface area (Å²) in [7, 11) is -3.02. The van der Waals surface area contributed by atoms with Gasteiger partial charge in [-0.05, 0) is 35.9 Å². The van der Waals surface area contributed by atoms with E-state index in [1.54, 1.807) is 0 Å². The maximum Gasteiger partial charge on any atom is 0.328 e. The standard InChI is InChI=1S/C16H13F2NO5S/c1-24-14-6-2-10(3-7-16(20)21)8-15(14)25(22,23)19-13-5-4-11(17)9-12(13)18/h2-9,19H,1H3,(H,20,21)/b7-3+. The molecule has 0 bridgehead atoms. The number of hydrogen-bond acceptors (Lipinski definition) is 4. The quantitative estimate of drug-likeness (QED) is 0.764. The van der Waals surface area contributed by atoms with E-state index in [1.165, 1.54) is 31.4 Å². The summed E-state index contributed by atoms with van der Waals surface area (Å²) < 4.78 is 58.7. The van der Waals surface area contributed by atoms with Crippen LogP contribution in [0.5, 0.6) is 5.75 Å². The number of carboxylic acids is 1. The van der Waals surface area contributed by atoms with Crippen molar-refractivity contribution in [3.8, 4) is 5.75 Å². The van der Waals surface area contributed by atoms with Crippen molar-refractivity contribution in [3.05, 3.63) is 59.7 Å². The van der Waals surface area contributed by atoms with Crippen molar-refractivity contribution in [2.75, 3.05) is 11.8 Å². The molecule has 2 N–H and O–H groups in total. The lowest BCUT2D eigenvalue weighted by molar-refractivity contribution is -0.131. The lowest BCUT2D eigenvalue weighted by Crippen LogP contribution is -2.15. The van der Waals surface area contributed by atoms with Crippen molar-refractivity contribution in [1.82, 2.24) is 0 Å². The van der Waals surface area contributed by atoms with Crippen LogP contribution in [-0.4, -0.2) is 26.6 Å². The molecule has 0 fully saturated rings. The van der Waals surface area contributed by atoms with Gasteiger partial charge in [0, 0.05) is 12.1 Å². The van der Waals surface area contributed by atoms with Crippen LogP contribution in [0.4, 0.5) is 14.5 Å². The Labute approximate surface area is 142 Å². The number of methoxy groups -OCH3 is 1. The molecule has 6 nitrogen and oxygen atoms in total. The monoisotopic (exact) mass is 369 g/mol. The average Bonchev–Trinajstić information content (AvgIpc) is 2.55. The number of benzene rings is 2. The number of hydrogen-bond donors (Lipinski definition) is 2. The number of aliphatic carboxylic acids is 1. The van der Waals surface area contributed by atoms with Gasteiger partial charge in [0.05, 0.1) is 12.8 Å². The first-order chi connectivity index (χ1) is 11.7. The zero-order valence-corrected chi connectivity index (χ0v) is 13.7. The maximum atomic E-state index is 13.7. The van der Waals surface area contributed by atoms with Gasteiger partial charge in [-0.3, -0.25) is 4.72 Å². The Balaban J connectivity index is 2.46. The van der Waals surface area contributed by atoms with Crippen LogP contribution in [0.15, 0.2) is 47.4 Å². The molecule has 0 aliphatic carbocycles. The molecule has 132 valence electrons. The second kappa shape index (κ2) is 7.31. The minimum atomic E-state index is -4.27. The zero-order valence-electron chi connectivity index (χ0n) is 12.9. The third kappa shape index (κ3) is 4.54. The Hall–Kier alpha value is -2.94. The van der Waals surface area contributed by atoms with Crippen LogP contribution >= 0.6 is 0 Å². The zero-order chi connectivity index (χ0) is 18.6. The molecule has 0 saturated carbocycles. The van der Waals surface area contributed by atoms with Crippen LogP contribution in [0.3, 0.4) is 0 Å². The molecule has 25 heavy (non-hydrogen) atoms. The van der Waals surface area contributed by atoms with Crippen LogP contribution in [-0.2, 0) is 14.8 Å². The summed E-state index contributed by atoms with van der Waals surface area (Å²) in [6, 6.07) is 6.35. The molecular weight excluding hydrogens is 356 g/mol. The second-order valence-electron chi connectivity index (χ2n) is 4.81. The van der Waals surface area contributed by atoms with E-state index in [1.807, 2.05) is 4.72 Å².